The van der Waals surface area contributed by atoms with E-state index >= 15 is 0 Å². The second kappa shape index (κ2) is 7.03. The maximum absolute atomic E-state index is 9.99. The molecule has 12 heteroatoms. The zero-order chi connectivity index (χ0) is 17.5. The van der Waals surface area contributed by atoms with E-state index in [0.717, 1.165) is 0 Å². The predicted molar refractivity (Wildman–Crippen MR) is 71.7 cm³/mol. The molecule has 0 aromatic carbocycles. The van der Waals surface area contributed by atoms with Gasteiger partial charge in [-0.05, 0) is 0 Å². The summed E-state index contributed by atoms with van der Waals surface area (Å²) in [4.78, 5) is -1.98. The highest BCUT2D eigenvalue weighted by Gasteiger charge is 2.55. The van der Waals surface area contributed by atoms with Gasteiger partial charge < -0.3 is 55.1 Å². The van der Waals surface area contributed by atoms with E-state index in [1.165, 1.54) is 0 Å². The quantitative estimate of drug-likeness (QED) is 0.219. The third-order valence-corrected chi connectivity index (χ3v) is 4.27. The molecule has 0 bridgehead atoms. The predicted octanol–water partition coefficient (Wildman–Crippen LogP) is -5.18. The zero-order valence-corrected chi connectivity index (χ0v) is 12.5. The average molecular weight is 360 g/mol. The Morgan fingerprint density at radius 1 is 0.826 bits per heavy atom. The van der Waals surface area contributed by atoms with Crippen molar-refractivity contribution in [2.45, 2.75) is 60.4 Å². The van der Waals surface area contributed by atoms with Gasteiger partial charge in [0.15, 0.2) is 23.8 Å². The van der Waals surface area contributed by atoms with Crippen LogP contribution < -0.4 is 0 Å². The van der Waals surface area contributed by atoms with Crippen molar-refractivity contribution in [3.8, 4) is 0 Å². The normalized spacial score (nSPS) is 54.9. The Bertz CT molecular complexity index is 413. The molecular formula is C11H20O11S. The Balaban J connectivity index is 2.18. The molecule has 2 fully saturated rings. The molecule has 0 amide bonds. The van der Waals surface area contributed by atoms with Gasteiger partial charge in [-0.3, -0.25) is 0 Å². The van der Waals surface area contributed by atoms with Gasteiger partial charge in [-0.2, -0.15) is 0 Å². The summed E-state index contributed by atoms with van der Waals surface area (Å²) in [6.45, 7) is -0.863. The largest absolute Gasteiger partial charge is 0.392 e. The van der Waals surface area contributed by atoms with Crippen molar-refractivity contribution in [2.24, 2.45) is 0 Å². The molecule has 0 aliphatic carbocycles. The minimum atomic E-state index is -1.98. The number of aliphatic hydroxyl groups excluding tert-OH is 8. The summed E-state index contributed by atoms with van der Waals surface area (Å²) < 4.78 is 14.9. The van der Waals surface area contributed by atoms with Crippen LogP contribution in [0.4, 0.5) is 0 Å². The molecule has 0 saturated carbocycles. The van der Waals surface area contributed by atoms with Crippen molar-refractivity contribution in [1.82, 2.24) is 0 Å². The molecule has 23 heavy (non-hydrogen) atoms. The summed E-state index contributed by atoms with van der Waals surface area (Å²) in [6, 6.07) is 0. The van der Waals surface area contributed by atoms with Crippen LogP contribution in [0.25, 0.3) is 0 Å². The van der Waals surface area contributed by atoms with Crippen LogP contribution in [0.15, 0.2) is 0 Å². The summed E-state index contributed by atoms with van der Waals surface area (Å²) in [5.74, 6) is 0. The lowest BCUT2D eigenvalue weighted by Crippen LogP contribution is -2.67. The Morgan fingerprint density at radius 3 is 1.96 bits per heavy atom. The van der Waals surface area contributed by atoms with Crippen LogP contribution in [-0.2, 0) is 14.2 Å². The van der Waals surface area contributed by atoms with Crippen LogP contribution >= 0.6 is 12.6 Å². The molecule has 2 heterocycles. The molecule has 2 aliphatic rings. The Kier molecular flexibility index (Phi) is 5.88. The summed E-state index contributed by atoms with van der Waals surface area (Å²) in [6.07, 6.45) is -16.2. The summed E-state index contributed by atoms with van der Waals surface area (Å²) in [5.41, 5.74) is 0. The monoisotopic (exact) mass is 360 g/mol. The van der Waals surface area contributed by atoms with Gasteiger partial charge in [-0.25, -0.2) is 0 Å². The van der Waals surface area contributed by atoms with Gasteiger partial charge in [0.25, 0.3) is 0 Å². The topological polar surface area (TPSA) is 190 Å². The molecule has 2 aliphatic heterocycles. The lowest BCUT2D eigenvalue weighted by molar-refractivity contribution is -0.379. The second-order valence-corrected chi connectivity index (χ2v) is 6.17. The van der Waals surface area contributed by atoms with Crippen molar-refractivity contribution in [3.63, 3.8) is 0 Å². The van der Waals surface area contributed by atoms with Crippen LogP contribution in [0.1, 0.15) is 0 Å². The molecule has 2 rings (SSSR count). The number of hydrogen-bond donors (Lipinski definition) is 9. The summed E-state index contributed by atoms with van der Waals surface area (Å²) in [5, 5.41) is 76.7. The Morgan fingerprint density at radius 2 is 1.39 bits per heavy atom. The third kappa shape index (κ3) is 3.49. The number of ether oxygens (including phenoxy) is 3. The maximum Gasteiger partial charge on any atom is 0.189 e. The van der Waals surface area contributed by atoms with E-state index in [1.807, 2.05) is 0 Å². The SMILES string of the molecule is OC[C@]1(S)O[C@@H](O)[C@H](O)[C@H](O)[C@@H]1O[C@@H]1O[C@H](O)[C@@H](O)[C@H](O)[C@H]1O. The van der Waals surface area contributed by atoms with Gasteiger partial charge in [0, 0.05) is 0 Å². The first-order valence-electron chi connectivity index (χ1n) is 6.71. The van der Waals surface area contributed by atoms with E-state index in [0.29, 0.717) is 0 Å². The van der Waals surface area contributed by atoms with E-state index in [-0.39, 0.29) is 0 Å². The van der Waals surface area contributed by atoms with Crippen molar-refractivity contribution in [1.29, 1.82) is 0 Å². The average Bonchev–Trinajstić information content (AvgIpc) is 2.52. The fourth-order valence-electron chi connectivity index (χ4n) is 2.36. The molecule has 0 radical (unpaired) electrons. The third-order valence-electron chi connectivity index (χ3n) is 3.77. The maximum atomic E-state index is 9.99. The van der Waals surface area contributed by atoms with Gasteiger partial charge in [-0.15, -0.1) is 12.6 Å². The fraction of sp³-hybridized carbons (Fsp3) is 1.00. The smallest absolute Gasteiger partial charge is 0.189 e. The molecular weight excluding hydrogens is 340 g/mol. The Labute approximate surface area is 135 Å². The van der Waals surface area contributed by atoms with Gasteiger partial charge >= 0.3 is 0 Å². The highest BCUT2D eigenvalue weighted by Crippen LogP contribution is 2.36. The number of aliphatic hydroxyl groups is 8. The van der Waals surface area contributed by atoms with Crippen molar-refractivity contribution < 1.29 is 55.1 Å². The van der Waals surface area contributed by atoms with Gasteiger partial charge in [0.05, 0.1) is 6.61 Å². The van der Waals surface area contributed by atoms with E-state index < -0.39 is 67.0 Å². The van der Waals surface area contributed by atoms with E-state index in [2.05, 4.69) is 12.6 Å². The molecule has 11 nitrogen and oxygen atoms in total. The molecule has 0 aromatic heterocycles. The number of rotatable bonds is 3. The lowest BCUT2D eigenvalue weighted by Gasteiger charge is -2.48. The molecule has 136 valence electrons. The molecule has 0 aromatic rings. The van der Waals surface area contributed by atoms with E-state index in [4.69, 9.17) is 14.2 Å². The first-order chi connectivity index (χ1) is 10.6. The van der Waals surface area contributed by atoms with Gasteiger partial charge in [-0.1, -0.05) is 0 Å². The molecule has 10 atom stereocenters. The van der Waals surface area contributed by atoms with Gasteiger partial charge in [0.2, 0.25) is 0 Å². The minimum Gasteiger partial charge on any atom is -0.392 e. The van der Waals surface area contributed by atoms with Crippen LogP contribution in [0.5, 0.6) is 0 Å². The van der Waals surface area contributed by atoms with Gasteiger partial charge in [0.1, 0.15) is 36.6 Å². The molecule has 0 spiro atoms. The lowest BCUT2D eigenvalue weighted by atomic mass is 9.97. The van der Waals surface area contributed by atoms with Crippen molar-refractivity contribution >= 4 is 12.6 Å². The number of thiol groups is 1. The summed E-state index contributed by atoms with van der Waals surface area (Å²) >= 11 is 3.96. The van der Waals surface area contributed by atoms with Crippen LogP contribution in [0, 0.1) is 0 Å². The van der Waals surface area contributed by atoms with E-state index in [9.17, 15) is 40.9 Å². The first kappa shape index (κ1) is 19.2. The molecule has 8 N–H and O–H groups in total. The molecule has 2 saturated heterocycles. The van der Waals surface area contributed by atoms with Crippen LogP contribution in [0.2, 0.25) is 0 Å². The Hall–Kier alpha value is -0.0900. The first-order valence-corrected chi connectivity index (χ1v) is 7.15. The highest BCUT2D eigenvalue weighted by molar-refractivity contribution is 7.81. The summed E-state index contributed by atoms with van der Waals surface area (Å²) in [7, 11) is 0. The highest BCUT2D eigenvalue weighted by atomic mass is 32.1. The van der Waals surface area contributed by atoms with Crippen molar-refractivity contribution in [3.05, 3.63) is 0 Å². The second-order valence-electron chi connectivity index (χ2n) is 5.42. The van der Waals surface area contributed by atoms with E-state index in [1.54, 1.807) is 0 Å². The van der Waals surface area contributed by atoms with Crippen molar-refractivity contribution in [2.75, 3.05) is 6.61 Å². The standard InChI is InChI=1S/C11H20O11S/c12-1-11(23)7(3(14)5(16)9(19)22-11)20-10-6(17)2(13)4(15)8(18)21-10/h2-10,12-19,23H,1H2/t2-,3-,4-,5+,6+,7-,8-,9+,10+,11+/m0/s1. The minimum absolute atomic E-state index is 0.863. The van der Waals surface area contributed by atoms with Crippen LogP contribution in [-0.4, -0.2) is 108 Å². The van der Waals surface area contributed by atoms with Crippen LogP contribution in [0.3, 0.4) is 0 Å². The zero-order valence-electron chi connectivity index (χ0n) is 11.7. The molecule has 0 unspecified atom stereocenters. The number of hydrogen-bond acceptors (Lipinski definition) is 12. The fourth-order valence-corrected chi connectivity index (χ4v) is 2.68.